The SMILES string of the molecule is COCCC(C)(O)CNc1ncnc(N)c1[N+](=O)[O-]. The zero-order valence-corrected chi connectivity index (χ0v) is 10.8. The van der Waals surface area contributed by atoms with Crippen LogP contribution in [0, 0.1) is 10.1 Å². The highest BCUT2D eigenvalue weighted by atomic mass is 16.6. The van der Waals surface area contributed by atoms with Crippen molar-refractivity contribution in [3.05, 3.63) is 16.4 Å². The fourth-order valence-corrected chi connectivity index (χ4v) is 1.39. The predicted molar refractivity (Wildman–Crippen MR) is 68.7 cm³/mol. The molecule has 0 saturated carbocycles. The van der Waals surface area contributed by atoms with Crippen LogP contribution in [0.1, 0.15) is 13.3 Å². The number of hydrogen-bond donors (Lipinski definition) is 3. The molecule has 0 radical (unpaired) electrons. The molecule has 106 valence electrons. The Morgan fingerprint density at radius 3 is 2.89 bits per heavy atom. The average Bonchev–Trinajstić information content (AvgIpc) is 2.33. The number of hydrogen-bond acceptors (Lipinski definition) is 8. The minimum absolute atomic E-state index is 0.0183. The van der Waals surface area contributed by atoms with Crippen molar-refractivity contribution in [1.82, 2.24) is 9.97 Å². The third-order valence-corrected chi connectivity index (χ3v) is 2.51. The number of nitrogens with zero attached hydrogens (tertiary/aromatic N) is 3. The third-order valence-electron chi connectivity index (χ3n) is 2.51. The van der Waals surface area contributed by atoms with Crippen LogP contribution in [0.3, 0.4) is 0 Å². The zero-order chi connectivity index (χ0) is 14.5. The largest absolute Gasteiger partial charge is 0.388 e. The lowest BCUT2D eigenvalue weighted by Gasteiger charge is -2.23. The summed E-state index contributed by atoms with van der Waals surface area (Å²) in [4.78, 5) is 17.5. The summed E-state index contributed by atoms with van der Waals surface area (Å²) in [7, 11) is 1.53. The monoisotopic (exact) mass is 271 g/mol. The molecule has 0 spiro atoms. The number of nitro groups is 1. The number of nitrogen functional groups attached to an aromatic ring is 1. The van der Waals surface area contributed by atoms with E-state index in [1.807, 2.05) is 0 Å². The van der Waals surface area contributed by atoms with Crippen LogP contribution in [-0.4, -0.2) is 45.9 Å². The molecule has 9 heteroatoms. The van der Waals surface area contributed by atoms with Crippen LogP contribution in [0.5, 0.6) is 0 Å². The van der Waals surface area contributed by atoms with Crippen LogP contribution in [0.15, 0.2) is 6.33 Å². The highest BCUT2D eigenvalue weighted by Crippen LogP contribution is 2.26. The lowest BCUT2D eigenvalue weighted by Crippen LogP contribution is -2.35. The minimum atomic E-state index is -1.08. The number of rotatable bonds is 7. The molecule has 1 atom stereocenters. The Morgan fingerprint density at radius 2 is 2.32 bits per heavy atom. The summed E-state index contributed by atoms with van der Waals surface area (Å²) >= 11 is 0. The van der Waals surface area contributed by atoms with Crippen molar-refractivity contribution in [2.24, 2.45) is 0 Å². The highest BCUT2D eigenvalue weighted by Gasteiger charge is 2.25. The van der Waals surface area contributed by atoms with Gasteiger partial charge in [-0.1, -0.05) is 0 Å². The molecule has 0 saturated heterocycles. The topological polar surface area (TPSA) is 136 Å². The second-order valence-corrected chi connectivity index (χ2v) is 4.31. The Kier molecular flexibility index (Phi) is 4.95. The molecule has 1 aromatic rings. The highest BCUT2D eigenvalue weighted by molar-refractivity contribution is 5.67. The smallest absolute Gasteiger partial charge is 0.352 e. The van der Waals surface area contributed by atoms with Gasteiger partial charge in [-0.25, -0.2) is 9.97 Å². The molecule has 0 aliphatic rings. The molecule has 0 aliphatic carbocycles. The lowest BCUT2D eigenvalue weighted by molar-refractivity contribution is -0.383. The van der Waals surface area contributed by atoms with Gasteiger partial charge in [-0.05, 0) is 6.92 Å². The van der Waals surface area contributed by atoms with E-state index in [0.717, 1.165) is 6.33 Å². The summed E-state index contributed by atoms with van der Waals surface area (Å²) in [5, 5.41) is 23.6. The normalized spacial score (nSPS) is 13.8. The lowest BCUT2D eigenvalue weighted by atomic mass is 10.0. The fraction of sp³-hybridized carbons (Fsp3) is 0.600. The van der Waals surface area contributed by atoms with E-state index >= 15 is 0 Å². The molecule has 4 N–H and O–H groups in total. The first-order chi connectivity index (χ1) is 8.87. The van der Waals surface area contributed by atoms with E-state index < -0.39 is 16.2 Å². The van der Waals surface area contributed by atoms with Crippen LogP contribution >= 0.6 is 0 Å². The van der Waals surface area contributed by atoms with Crippen molar-refractivity contribution >= 4 is 17.3 Å². The number of ether oxygens (including phenoxy) is 1. The van der Waals surface area contributed by atoms with Gasteiger partial charge in [-0.15, -0.1) is 0 Å². The van der Waals surface area contributed by atoms with E-state index in [0.29, 0.717) is 13.0 Å². The van der Waals surface area contributed by atoms with Gasteiger partial charge in [0, 0.05) is 26.7 Å². The second kappa shape index (κ2) is 6.25. The van der Waals surface area contributed by atoms with Crippen LogP contribution in [0.25, 0.3) is 0 Å². The number of anilines is 2. The van der Waals surface area contributed by atoms with Crippen molar-refractivity contribution in [3.8, 4) is 0 Å². The molecule has 0 amide bonds. The molecule has 0 bridgehead atoms. The van der Waals surface area contributed by atoms with Gasteiger partial charge >= 0.3 is 5.69 Å². The first-order valence-electron chi connectivity index (χ1n) is 5.57. The van der Waals surface area contributed by atoms with E-state index in [2.05, 4.69) is 15.3 Å². The van der Waals surface area contributed by atoms with Gasteiger partial charge in [0.15, 0.2) is 0 Å². The van der Waals surface area contributed by atoms with Crippen molar-refractivity contribution in [3.63, 3.8) is 0 Å². The molecule has 0 fully saturated rings. The van der Waals surface area contributed by atoms with Gasteiger partial charge in [0.05, 0.1) is 10.5 Å². The van der Waals surface area contributed by atoms with Crippen molar-refractivity contribution in [2.75, 3.05) is 31.3 Å². The maximum Gasteiger partial charge on any atom is 0.352 e. The summed E-state index contributed by atoms with van der Waals surface area (Å²) < 4.78 is 4.87. The molecule has 19 heavy (non-hydrogen) atoms. The molecule has 9 nitrogen and oxygen atoms in total. The number of nitrogens with one attached hydrogen (secondary N) is 1. The Bertz CT molecular complexity index is 452. The molecular weight excluding hydrogens is 254 g/mol. The van der Waals surface area contributed by atoms with Gasteiger partial charge < -0.3 is 20.9 Å². The molecule has 0 aromatic carbocycles. The molecule has 1 aromatic heterocycles. The number of nitrogens with two attached hydrogens (primary N) is 1. The van der Waals surface area contributed by atoms with Gasteiger partial charge in [-0.3, -0.25) is 10.1 Å². The summed E-state index contributed by atoms with van der Waals surface area (Å²) in [6.07, 6.45) is 1.50. The van der Waals surface area contributed by atoms with Crippen LogP contribution < -0.4 is 11.1 Å². The van der Waals surface area contributed by atoms with Crippen molar-refractivity contribution in [2.45, 2.75) is 18.9 Å². The fourth-order valence-electron chi connectivity index (χ4n) is 1.39. The van der Waals surface area contributed by atoms with Gasteiger partial charge in [0.25, 0.3) is 0 Å². The number of methoxy groups -OCH3 is 1. The van der Waals surface area contributed by atoms with Gasteiger partial charge in [0.2, 0.25) is 11.6 Å². The summed E-state index contributed by atoms with van der Waals surface area (Å²) in [5.74, 6) is -0.241. The Hall–Kier alpha value is -2.00. The summed E-state index contributed by atoms with van der Waals surface area (Å²) in [5.41, 5.74) is 3.95. The standard InChI is InChI=1S/C10H17N5O4/c1-10(16,3-4-19-2)5-12-9-7(15(17)18)8(11)13-6-14-9/h6,16H,3-5H2,1-2H3,(H3,11,12,13,14). The number of aliphatic hydroxyl groups is 1. The molecule has 1 heterocycles. The first kappa shape index (κ1) is 15.1. The second-order valence-electron chi connectivity index (χ2n) is 4.31. The van der Waals surface area contributed by atoms with E-state index in [-0.39, 0.29) is 18.2 Å². The maximum atomic E-state index is 10.9. The van der Waals surface area contributed by atoms with Gasteiger partial charge in [-0.2, -0.15) is 0 Å². The molecule has 1 rings (SSSR count). The molecule has 1 unspecified atom stereocenters. The maximum absolute atomic E-state index is 10.9. The van der Waals surface area contributed by atoms with Gasteiger partial charge in [0.1, 0.15) is 6.33 Å². The zero-order valence-electron chi connectivity index (χ0n) is 10.8. The van der Waals surface area contributed by atoms with E-state index in [4.69, 9.17) is 10.5 Å². The van der Waals surface area contributed by atoms with Crippen LogP contribution in [0.4, 0.5) is 17.3 Å². The number of aromatic nitrogens is 2. The Balaban J connectivity index is 2.78. The third kappa shape index (κ3) is 4.30. The average molecular weight is 271 g/mol. The van der Waals surface area contributed by atoms with Crippen LogP contribution in [-0.2, 0) is 4.74 Å². The molecular formula is C10H17N5O4. The summed E-state index contributed by atoms with van der Waals surface area (Å²) in [6.45, 7) is 2.05. The minimum Gasteiger partial charge on any atom is -0.388 e. The summed E-state index contributed by atoms with van der Waals surface area (Å²) in [6, 6.07) is 0. The Morgan fingerprint density at radius 1 is 1.63 bits per heavy atom. The van der Waals surface area contributed by atoms with E-state index in [9.17, 15) is 15.2 Å². The van der Waals surface area contributed by atoms with E-state index in [1.165, 1.54) is 7.11 Å². The predicted octanol–water partition coefficient (Wildman–Crippen LogP) is 0.166. The van der Waals surface area contributed by atoms with Crippen molar-refractivity contribution < 1.29 is 14.8 Å². The first-order valence-corrected chi connectivity index (χ1v) is 5.57. The molecule has 0 aliphatic heterocycles. The van der Waals surface area contributed by atoms with E-state index in [1.54, 1.807) is 6.92 Å². The van der Waals surface area contributed by atoms with Crippen molar-refractivity contribution in [1.29, 1.82) is 0 Å². The Labute approximate surface area is 110 Å². The quantitative estimate of drug-likeness (QED) is 0.471. The van der Waals surface area contributed by atoms with Crippen LogP contribution in [0.2, 0.25) is 0 Å².